The van der Waals surface area contributed by atoms with Crippen molar-refractivity contribution in [2.24, 2.45) is 0 Å². The molecule has 5 nitrogen and oxygen atoms in total. The van der Waals surface area contributed by atoms with Crippen molar-refractivity contribution in [2.45, 2.75) is 6.92 Å². The Balaban J connectivity index is 3.09. The molecule has 0 aliphatic heterocycles. The van der Waals surface area contributed by atoms with Gasteiger partial charge in [0.05, 0.1) is 12.2 Å². The van der Waals surface area contributed by atoms with E-state index in [1.54, 1.807) is 0 Å². The number of ketones is 1. The smallest absolute Gasteiger partial charge is 0.379 e. The first-order valence-electron chi connectivity index (χ1n) is 4.40. The van der Waals surface area contributed by atoms with E-state index in [-0.39, 0.29) is 6.61 Å². The molecule has 0 radical (unpaired) electrons. The summed E-state index contributed by atoms with van der Waals surface area (Å²) < 4.78 is 17.1. The predicted octanol–water partition coefficient (Wildman–Crippen LogP) is 0.983. The number of ether oxygens (including phenoxy) is 1. The van der Waals surface area contributed by atoms with Crippen LogP contribution in [0, 0.1) is 5.82 Å². The molecule has 0 unspecified atom stereocenters. The first-order chi connectivity index (χ1) is 7.47. The fraction of sp³-hybridized carbons (Fsp3) is 0.200. The van der Waals surface area contributed by atoms with Crippen LogP contribution in [0.2, 0.25) is 0 Å². The van der Waals surface area contributed by atoms with Gasteiger partial charge in [-0.3, -0.25) is 4.79 Å². The van der Waals surface area contributed by atoms with Crippen LogP contribution in [0.1, 0.15) is 17.3 Å². The van der Waals surface area contributed by atoms with Crippen molar-refractivity contribution in [1.29, 1.82) is 0 Å². The molecule has 1 rings (SSSR count). The summed E-state index contributed by atoms with van der Waals surface area (Å²) in [5, 5.41) is 18.2. The Kier molecular flexibility index (Phi) is 3.44. The van der Waals surface area contributed by atoms with Gasteiger partial charge in [-0.1, -0.05) is 0 Å². The standard InChI is InChI=1S/C10H9FO5/c1-2-16-10(15)9(14)5-3-8(13)6(11)4-7(5)12/h3-4,12-13H,2H2,1H3. The van der Waals surface area contributed by atoms with Gasteiger partial charge in [-0.25, -0.2) is 9.18 Å². The van der Waals surface area contributed by atoms with Crippen LogP contribution in [0.15, 0.2) is 12.1 Å². The zero-order valence-electron chi connectivity index (χ0n) is 8.36. The Hall–Kier alpha value is -2.11. The third-order valence-electron chi connectivity index (χ3n) is 1.77. The topological polar surface area (TPSA) is 83.8 Å². The highest BCUT2D eigenvalue weighted by molar-refractivity contribution is 6.41. The lowest BCUT2D eigenvalue weighted by atomic mass is 10.1. The molecule has 16 heavy (non-hydrogen) atoms. The lowest BCUT2D eigenvalue weighted by molar-refractivity contribution is -0.137. The SMILES string of the molecule is CCOC(=O)C(=O)c1cc(O)c(F)cc1O. The van der Waals surface area contributed by atoms with E-state index in [0.717, 1.165) is 0 Å². The van der Waals surface area contributed by atoms with Crippen molar-refractivity contribution in [3.05, 3.63) is 23.5 Å². The zero-order chi connectivity index (χ0) is 12.3. The van der Waals surface area contributed by atoms with Crippen molar-refractivity contribution in [3.8, 4) is 11.5 Å². The first-order valence-corrected chi connectivity index (χ1v) is 4.40. The molecule has 0 aromatic heterocycles. The van der Waals surface area contributed by atoms with Gasteiger partial charge in [-0.2, -0.15) is 0 Å². The summed E-state index contributed by atoms with van der Waals surface area (Å²) in [6, 6.07) is 1.21. The second-order valence-corrected chi connectivity index (χ2v) is 2.87. The molecule has 0 bridgehead atoms. The zero-order valence-corrected chi connectivity index (χ0v) is 8.36. The first kappa shape index (κ1) is 12.0. The molecule has 0 aliphatic carbocycles. The second-order valence-electron chi connectivity index (χ2n) is 2.87. The molecule has 0 spiro atoms. The largest absolute Gasteiger partial charge is 0.507 e. The van der Waals surface area contributed by atoms with E-state index in [4.69, 9.17) is 5.11 Å². The van der Waals surface area contributed by atoms with Gasteiger partial charge >= 0.3 is 5.97 Å². The molecule has 0 amide bonds. The minimum Gasteiger partial charge on any atom is -0.507 e. The van der Waals surface area contributed by atoms with Gasteiger partial charge in [0.2, 0.25) is 0 Å². The van der Waals surface area contributed by atoms with Crippen LogP contribution in [0.5, 0.6) is 11.5 Å². The molecule has 0 saturated heterocycles. The van der Waals surface area contributed by atoms with Crippen LogP contribution in [-0.4, -0.2) is 28.6 Å². The monoisotopic (exact) mass is 228 g/mol. The molecular weight excluding hydrogens is 219 g/mol. The van der Waals surface area contributed by atoms with Gasteiger partial charge in [0.15, 0.2) is 11.6 Å². The molecule has 0 atom stereocenters. The third-order valence-corrected chi connectivity index (χ3v) is 1.77. The molecule has 2 N–H and O–H groups in total. The maximum Gasteiger partial charge on any atom is 0.379 e. The van der Waals surface area contributed by atoms with Gasteiger partial charge in [0.25, 0.3) is 5.78 Å². The van der Waals surface area contributed by atoms with Crippen LogP contribution >= 0.6 is 0 Å². The van der Waals surface area contributed by atoms with E-state index in [9.17, 15) is 19.1 Å². The number of esters is 1. The number of halogens is 1. The van der Waals surface area contributed by atoms with Crippen LogP contribution in [0.4, 0.5) is 4.39 Å². The minimum atomic E-state index is -1.18. The summed E-state index contributed by atoms with van der Waals surface area (Å²) in [7, 11) is 0. The predicted molar refractivity (Wildman–Crippen MR) is 50.7 cm³/mol. The van der Waals surface area contributed by atoms with Crippen molar-refractivity contribution < 1.29 is 28.9 Å². The van der Waals surface area contributed by atoms with Crippen LogP contribution in [0.25, 0.3) is 0 Å². The number of carbonyl (C=O) groups is 2. The quantitative estimate of drug-likeness (QED) is 0.348. The van der Waals surface area contributed by atoms with E-state index < -0.39 is 34.6 Å². The Labute approximate surface area is 90.1 Å². The van der Waals surface area contributed by atoms with Crippen molar-refractivity contribution >= 4 is 11.8 Å². The molecular formula is C10H9FO5. The normalized spacial score (nSPS) is 9.88. The van der Waals surface area contributed by atoms with Gasteiger partial charge in [-0.15, -0.1) is 0 Å². The Morgan fingerprint density at radius 1 is 1.31 bits per heavy atom. The van der Waals surface area contributed by atoms with Crippen molar-refractivity contribution in [1.82, 2.24) is 0 Å². The number of rotatable bonds is 3. The number of Topliss-reactive ketones (excluding diaryl/α,β-unsaturated/α-hetero) is 1. The van der Waals surface area contributed by atoms with Crippen LogP contribution in [-0.2, 0) is 9.53 Å². The third kappa shape index (κ3) is 2.28. The lowest BCUT2D eigenvalue weighted by Crippen LogP contribution is -2.17. The fourth-order valence-corrected chi connectivity index (χ4v) is 1.04. The highest BCUT2D eigenvalue weighted by Gasteiger charge is 2.22. The molecule has 0 fully saturated rings. The lowest BCUT2D eigenvalue weighted by Gasteiger charge is -2.04. The maximum atomic E-state index is 12.7. The summed E-state index contributed by atoms with van der Waals surface area (Å²) in [4.78, 5) is 22.4. The van der Waals surface area contributed by atoms with Gasteiger partial charge in [0, 0.05) is 6.07 Å². The molecule has 1 aromatic carbocycles. The molecule has 0 saturated carbocycles. The number of phenols is 2. The molecule has 0 heterocycles. The van der Waals surface area contributed by atoms with E-state index in [1.165, 1.54) is 6.92 Å². The highest BCUT2D eigenvalue weighted by atomic mass is 19.1. The summed E-state index contributed by atoms with van der Waals surface area (Å²) in [6.45, 7) is 1.51. The number of benzene rings is 1. The fourth-order valence-electron chi connectivity index (χ4n) is 1.04. The number of hydrogen-bond donors (Lipinski definition) is 2. The molecule has 1 aromatic rings. The maximum absolute atomic E-state index is 12.7. The molecule has 6 heteroatoms. The van der Waals surface area contributed by atoms with Gasteiger partial charge < -0.3 is 14.9 Å². The second kappa shape index (κ2) is 4.61. The van der Waals surface area contributed by atoms with E-state index in [0.29, 0.717) is 12.1 Å². The number of aromatic hydroxyl groups is 2. The average Bonchev–Trinajstić information content (AvgIpc) is 2.23. The number of hydrogen-bond acceptors (Lipinski definition) is 5. The Morgan fingerprint density at radius 3 is 2.50 bits per heavy atom. The van der Waals surface area contributed by atoms with Crippen LogP contribution in [0.3, 0.4) is 0 Å². The average molecular weight is 228 g/mol. The Morgan fingerprint density at radius 2 is 1.94 bits per heavy atom. The van der Waals surface area contributed by atoms with E-state index in [1.807, 2.05) is 0 Å². The minimum absolute atomic E-state index is 0.00148. The highest BCUT2D eigenvalue weighted by Crippen LogP contribution is 2.26. The molecule has 0 aliphatic rings. The van der Waals surface area contributed by atoms with Gasteiger partial charge in [0.1, 0.15) is 5.75 Å². The van der Waals surface area contributed by atoms with E-state index >= 15 is 0 Å². The summed E-state index contributed by atoms with van der Waals surface area (Å²) in [6.07, 6.45) is 0. The number of carbonyl (C=O) groups excluding carboxylic acids is 2. The van der Waals surface area contributed by atoms with Crippen molar-refractivity contribution in [3.63, 3.8) is 0 Å². The van der Waals surface area contributed by atoms with Crippen LogP contribution < -0.4 is 0 Å². The summed E-state index contributed by atoms with van der Waals surface area (Å²) >= 11 is 0. The van der Waals surface area contributed by atoms with E-state index in [2.05, 4.69) is 4.74 Å². The Bertz CT molecular complexity index is 441. The molecule has 86 valence electrons. The number of phenolic OH excluding ortho intramolecular Hbond substituents is 2. The van der Waals surface area contributed by atoms with Crippen molar-refractivity contribution in [2.75, 3.05) is 6.61 Å². The van der Waals surface area contributed by atoms with Gasteiger partial charge in [-0.05, 0) is 13.0 Å². The summed E-state index contributed by atoms with van der Waals surface area (Å²) in [5.74, 6) is -4.96. The summed E-state index contributed by atoms with van der Waals surface area (Å²) in [5.41, 5.74) is -0.502.